The zero-order valence-electron chi connectivity index (χ0n) is 15.0. The monoisotopic (exact) mass is 507 g/mol. The van der Waals surface area contributed by atoms with Crippen LogP contribution in [-0.2, 0) is 10.0 Å². The Hall–Kier alpha value is -1.89. The second-order valence-corrected chi connectivity index (χ2v) is 8.86. The number of amides is 2. The van der Waals surface area contributed by atoms with E-state index < -0.39 is 39.9 Å². The normalized spacial score (nSPS) is 11.6. The number of phenolic OH excluding ortho intramolecular Hbond substituents is 1. The van der Waals surface area contributed by atoms with E-state index in [2.05, 4.69) is 15.9 Å². The highest BCUT2D eigenvalue weighted by Gasteiger charge is 2.33. The number of urea groups is 1. The van der Waals surface area contributed by atoms with E-state index in [1.807, 2.05) is 0 Å². The van der Waals surface area contributed by atoms with Crippen molar-refractivity contribution in [3.05, 3.63) is 45.9 Å². The third-order valence-electron chi connectivity index (χ3n) is 3.91. The zero-order valence-corrected chi connectivity index (χ0v) is 18.2. The molecule has 158 valence electrons. The van der Waals surface area contributed by atoms with Gasteiger partial charge >= 0.3 is 6.03 Å². The Morgan fingerprint density at radius 2 is 1.66 bits per heavy atom. The number of rotatable bonds is 8. The number of carbonyl (C=O) groups excluding carboxylic acids is 1. The highest BCUT2D eigenvalue weighted by atomic mass is 79.9. The van der Waals surface area contributed by atoms with E-state index in [0.717, 1.165) is 9.21 Å². The quantitative estimate of drug-likeness (QED) is 0.429. The van der Waals surface area contributed by atoms with Crippen molar-refractivity contribution in [2.75, 3.05) is 31.2 Å². The number of benzene rings is 2. The van der Waals surface area contributed by atoms with Gasteiger partial charge in [0.25, 0.3) is 0 Å². The number of nitrogens with zero attached hydrogens (tertiary/aromatic N) is 2. The molecule has 0 unspecified atom stereocenters. The topological polar surface area (TPSA) is 144 Å². The summed E-state index contributed by atoms with van der Waals surface area (Å²) in [6.45, 7) is -1.68. The molecule has 0 bridgehead atoms. The molecule has 0 atom stereocenters. The van der Waals surface area contributed by atoms with Gasteiger partial charge in [-0.25, -0.2) is 13.2 Å². The molecule has 0 fully saturated rings. The first kappa shape index (κ1) is 23.4. The average Bonchev–Trinajstić information content (AvgIpc) is 2.64. The molecule has 0 aliphatic carbocycles. The molecule has 0 saturated heterocycles. The molecule has 0 aromatic heterocycles. The Bertz CT molecular complexity index is 999. The van der Waals surface area contributed by atoms with Crippen molar-refractivity contribution >= 4 is 55.0 Å². The van der Waals surface area contributed by atoms with Crippen molar-refractivity contribution in [1.82, 2.24) is 4.31 Å². The van der Waals surface area contributed by atoms with Gasteiger partial charge in [-0.2, -0.15) is 4.31 Å². The number of aliphatic hydroxyl groups is 2. The van der Waals surface area contributed by atoms with Crippen LogP contribution in [0, 0.1) is 0 Å². The van der Waals surface area contributed by atoms with Crippen LogP contribution in [0.4, 0.5) is 16.2 Å². The largest absolute Gasteiger partial charge is 0.504 e. The zero-order chi connectivity index (χ0) is 21.8. The van der Waals surface area contributed by atoms with Gasteiger partial charge in [-0.1, -0.05) is 23.7 Å². The molecule has 29 heavy (non-hydrogen) atoms. The van der Waals surface area contributed by atoms with E-state index >= 15 is 0 Å². The minimum atomic E-state index is -4.42. The lowest BCUT2D eigenvalue weighted by molar-refractivity contribution is 0.217. The van der Waals surface area contributed by atoms with Crippen molar-refractivity contribution in [1.29, 1.82) is 0 Å². The van der Waals surface area contributed by atoms with Gasteiger partial charge < -0.3 is 21.1 Å². The maximum Gasteiger partial charge on any atom is 0.324 e. The van der Waals surface area contributed by atoms with E-state index in [1.165, 1.54) is 12.1 Å². The lowest BCUT2D eigenvalue weighted by Gasteiger charge is -2.26. The van der Waals surface area contributed by atoms with Crippen molar-refractivity contribution in [3.63, 3.8) is 0 Å². The fraction of sp³-hybridized carbons (Fsp3) is 0.235. The van der Waals surface area contributed by atoms with E-state index in [1.54, 1.807) is 24.3 Å². The molecule has 2 rings (SSSR count). The van der Waals surface area contributed by atoms with E-state index in [-0.39, 0.29) is 29.5 Å². The summed E-state index contributed by atoms with van der Waals surface area (Å²) in [6.07, 6.45) is 0. The molecule has 0 radical (unpaired) electrons. The van der Waals surface area contributed by atoms with Gasteiger partial charge in [0.1, 0.15) is 4.90 Å². The van der Waals surface area contributed by atoms with Gasteiger partial charge in [-0.3, -0.25) is 4.90 Å². The Morgan fingerprint density at radius 1 is 1.07 bits per heavy atom. The van der Waals surface area contributed by atoms with Gasteiger partial charge in [0.15, 0.2) is 5.75 Å². The van der Waals surface area contributed by atoms with Gasteiger partial charge in [-0.15, -0.1) is 0 Å². The van der Waals surface area contributed by atoms with Gasteiger partial charge in [0.05, 0.1) is 29.6 Å². The number of sulfonamides is 1. The van der Waals surface area contributed by atoms with Crippen LogP contribution < -0.4 is 10.6 Å². The highest BCUT2D eigenvalue weighted by molar-refractivity contribution is 9.10. The second kappa shape index (κ2) is 9.74. The first-order chi connectivity index (χ1) is 13.7. The van der Waals surface area contributed by atoms with Crippen LogP contribution in [0.25, 0.3) is 0 Å². The molecule has 9 nitrogen and oxygen atoms in total. The smallest absolute Gasteiger partial charge is 0.324 e. The molecule has 2 aromatic carbocycles. The van der Waals surface area contributed by atoms with Crippen LogP contribution >= 0.6 is 27.5 Å². The molecule has 2 aromatic rings. The maximum atomic E-state index is 13.0. The van der Waals surface area contributed by atoms with Crippen LogP contribution in [0.5, 0.6) is 5.75 Å². The number of anilines is 2. The van der Waals surface area contributed by atoms with Crippen LogP contribution in [0.3, 0.4) is 0 Å². The third kappa shape index (κ3) is 4.82. The van der Waals surface area contributed by atoms with Gasteiger partial charge in [0.2, 0.25) is 10.0 Å². The minimum Gasteiger partial charge on any atom is -0.504 e. The highest BCUT2D eigenvalue weighted by Crippen LogP contribution is 2.43. The van der Waals surface area contributed by atoms with Crippen molar-refractivity contribution in [3.8, 4) is 5.75 Å². The molecular formula is C17H19BrClN3O6S. The molecule has 5 N–H and O–H groups in total. The van der Waals surface area contributed by atoms with Crippen molar-refractivity contribution in [2.24, 2.45) is 5.73 Å². The number of primary amides is 1. The lowest BCUT2D eigenvalue weighted by atomic mass is 10.2. The van der Waals surface area contributed by atoms with E-state index in [0.29, 0.717) is 4.47 Å². The predicted molar refractivity (Wildman–Crippen MR) is 112 cm³/mol. The molecule has 0 saturated carbocycles. The fourth-order valence-corrected chi connectivity index (χ4v) is 5.14. The molecular weight excluding hydrogens is 490 g/mol. The second-order valence-electron chi connectivity index (χ2n) is 5.72. The summed E-state index contributed by atoms with van der Waals surface area (Å²) in [5.74, 6) is -0.798. The third-order valence-corrected chi connectivity index (χ3v) is 6.99. The summed E-state index contributed by atoms with van der Waals surface area (Å²) in [5, 5.41) is 28.8. The van der Waals surface area contributed by atoms with Crippen LogP contribution in [0.15, 0.2) is 45.8 Å². The summed E-state index contributed by atoms with van der Waals surface area (Å²) >= 11 is 9.34. The number of para-hydroxylation sites is 1. The number of carbonyl (C=O) groups is 1. The number of phenols is 1. The number of nitrogens with two attached hydrogens (primary N) is 1. The molecule has 0 aliphatic heterocycles. The fourth-order valence-electron chi connectivity index (χ4n) is 2.67. The number of hydrogen-bond acceptors (Lipinski definition) is 6. The summed E-state index contributed by atoms with van der Waals surface area (Å²) in [5.41, 5.74) is 5.55. The van der Waals surface area contributed by atoms with E-state index in [4.69, 9.17) is 27.5 Å². The molecule has 12 heteroatoms. The van der Waals surface area contributed by atoms with Crippen LogP contribution in [0.2, 0.25) is 5.02 Å². The summed E-state index contributed by atoms with van der Waals surface area (Å²) < 4.78 is 27.3. The van der Waals surface area contributed by atoms with Gasteiger partial charge in [0, 0.05) is 17.6 Å². The summed E-state index contributed by atoms with van der Waals surface area (Å²) in [6, 6.07) is 7.99. The number of aromatic hydroxyl groups is 1. The Labute approximate surface area is 181 Å². The predicted octanol–water partition coefficient (Wildman–Crippen LogP) is 2.00. The Balaban J connectivity index is 2.72. The molecule has 0 heterocycles. The number of hydrogen-bond donors (Lipinski definition) is 4. The number of aliphatic hydroxyl groups excluding tert-OH is 2. The van der Waals surface area contributed by atoms with E-state index in [9.17, 15) is 18.3 Å². The minimum absolute atomic E-state index is 0.208. The van der Waals surface area contributed by atoms with Crippen molar-refractivity contribution < 1.29 is 28.5 Å². The molecule has 2 amide bonds. The maximum absolute atomic E-state index is 13.0. The first-order valence-electron chi connectivity index (χ1n) is 8.24. The van der Waals surface area contributed by atoms with Crippen molar-refractivity contribution in [2.45, 2.75) is 4.90 Å². The summed E-state index contributed by atoms with van der Waals surface area (Å²) in [4.78, 5) is 12.4. The first-order valence-corrected chi connectivity index (χ1v) is 10.8. The molecule has 0 aliphatic rings. The average molecular weight is 509 g/mol. The Kier molecular flexibility index (Phi) is 7.86. The molecule has 0 spiro atoms. The number of halogens is 2. The van der Waals surface area contributed by atoms with Crippen LogP contribution in [0.1, 0.15) is 0 Å². The Morgan fingerprint density at radius 3 is 2.17 bits per heavy atom. The lowest BCUT2D eigenvalue weighted by Crippen LogP contribution is -2.36. The summed E-state index contributed by atoms with van der Waals surface area (Å²) in [7, 11) is -4.42. The van der Waals surface area contributed by atoms with Gasteiger partial charge in [-0.05, 0) is 40.2 Å². The SMILES string of the molecule is NC(=O)N(c1ccccc1Br)c1ccc(Cl)c(S(=O)(=O)N(CCO)CCO)c1O. The van der Waals surface area contributed by atoms with Crippen LogP contribution in [-0.4, -0.2) is 60.4 Å². The standard InChI is InChI=1S/C17H19BrClN3O6S/c18-11-3-1-2-4-13(11)22(17(20)26)14-6-5-12(19)16(15(14)25)29(27,28)21(7-9-23)8-10-24/h1-6,23-25H,7-10H2,(H2,20,26).